The van der Waals surface area contributed by atoms with Crippen molar-refractivity contribution in [3.8, 4) is 12.3 Å². The van der Waals surface area contributed by atoms with Gasteiger partial charge < -0.3 is 11.5 Å². The van der Waals surface area contributed by atoms with Crippen LogP contribution in [0.1, 0.15) is 11.9 Å². The van der Waals surface area contributed by atoms with Gasteiger partial charge in [0, 0.05) is 0 Å². The van der Waals surface area contributed by atoms with Crippen LogP contribution in [0.3, 0.4) is 0 Å². The summed E-state index contributed by atoms with van der Waals surface area (Å²) in [4.78, 5) is 3.73. The minimum atomic E-state index is -0.551. The molecule has 0 bridgehead atoms. The van der Waals surface area contributed by atoms with E-state index in [2.05, 4.69) is 21.1 Å². The van der Waals surface area contributed by atoms with Crippen LogP contribution in [0.25, 0.3) is 0 Å². The molecule has 0 amide bonds. The lowest BCUT2D eigenvalue weighted by Gasteiger charge is -1.94. The number of rotatable bonds is 1. The molecule has 5 N–H and O–H groups in total. The molecule has 0 aliphatic carbocycles. The molecule has 0 aliphatic rings. The molecule has 0 saturated carbocycles. The Morgan fingerprint density at radius 2 is 2.40 bits per heavy atom. The Kier molecular flexibility index (Phi) is 1.56. The van der Waals surface area contributed by atoms with Crippen LogP contribution in [0, 0.1) is 12.3 Å². The molecule has 1 heterocycles. The van der Waals surface area contributed by atoms with Crippen LogP contribution in [-0.4, -0.2) is 15.2 Å². The van der Waals surface area contributed by atoms with Gasteiger partial charge in [-0.25, -0.2) is 0 Å². The van der Waals surface area contributed by atoms with Crippen molar-refractivity contribution >= 4 is 5.95 Å². The molecular weight excluding hydrogens is 130 g/mol. The van der Waals surface area contributed by atoms with Gasteiger partial charge >= 0.3 is 0 Å². The van der Waals surface area contributed by atoms with Crippen molar-refractivity contribution in [3.05, 3.63) is 5.82 Å². The van der Waals surface area contributed by atoms with Crippen LogP contribution in [-0.2, 0) is 0 Å². The number of aromatic nitrogens is 3. The minimum absolute atomic E-state index is 0.153. The molecule has 1 atom stereocenters. The highest BCUT2D eigenvalue weighted by molar-refractivity contribution is 5.18. The Hall–Kier alpha value is -1.54. The van der Waals surface area contributed by atoms with E-state index in [-0.39, 0.29) is 5.95 Å². The number of nitrogens with one attached hydrogen (secondary N) is 1. The first-order valence-corrected chi connectivity index (χ1v) is 2.63. The van der Waals surface area contributed by atoms with E-state index in [1.54, 1.807) is 0 Å². The predicted molar refractivity (Wildman–Crippen MR) is 36.6 cm³/mol. The molecule has 0 radical (unpaired) electrons. The Morgan fingerprint density at radius 3 is 2.80 bits per heavy atom. The number of nitrogens with zero attached hydrogens (tertiary/aromatic N) is 2. The number of hydrogen-bond acceptors (Lipinski definition) is 4. The van der Waals surface area contributed by atoms with Gasteiger partial charge in [-0.3, -0.25) is 5.10 Å². The summed E-state index contributed by atoms with van der Waals surface area (Å²) in [6.07, 6.45) is 5.01. The molecule has 0 spiro atoms. The number of anilines is 1. The number of H-pyrrole nitrogens is 1. The summed E-state index contributed by atoms with van der Waals surface area (Å²) >= 11 is 0. The highest BCUT2D eigenvalue weighted by atomic mass is 15.3. The normalized spacial score (nSPS) is 12.4. The molecule has 0 aromatic carbocycles. The van der Waals surface area contributed by atoms with Gasteiger partial charge in [-0.15, -0.1) is 11.5 Å². The van der Waals surface area contributed by atoms with Crippen LogP contribution < -0.4 is 11.5 Å². The van der Waals surface area contributed by atoms with Crippen molar-refractivity contribution in [1.29, 1.82) is 0 Å². The number of nitrogens with two attached hydrogens (primary N) is 2. The van der Waals surface area contributed by atoms with Gasteiger partial charge in [0.1, 0.15) is 6.04 Å². The number of hydrogen-bond donors (Lipinski definition) is 3. The molecule has 0 aliphatic heterocycles. The van der Waals surface area contributed by atoms with Gasteiger partial charge in [-0.1, -0.05) is 5.92 Å². The highest BCUT2D eigenvalue weighted by Crippen LogP contribution is 2.01. The third kappa shape index (κ3) is 1.06. The fourth-order valence-electron chi connectivity index (χ4n) is 0.506. The van der Waals surface area contributed by atoms with Crippen molar-refractivity contribution < 1.29 is 0 Å². The van der Waals surface area contributed by atoms with Crippen molar-refractivity contribution in [2.45, 2.75) is 6.04 Å². The molecule has 0 unspecified atom stereocenters. The lowest BCUT2D eigenvalue weighted by molar-refractivity contribution is 0.838. The third-order valence-electron chi connectivity index (χ3n) is 0.994. The molecule has 52 valence electrons. The molecule has 0 saturated heterocycles. The van der Waals surface area contributed by atoms with Crippen molar-refractivity contribution in [3.63, 3.8) is 0 Å². The van der Waals surface area contributed by atoms with E-state index in [9.17, 15) is 0 Å². The first-order valence-electron chi connectivity index (χ1n) is 2.63. The van der Waals surface area contributed by atoms with E-state index in [4.69, 9.17) is 17.9 Å². The quantitative estimate of drug-likeness (QED) is 0.433. The highest BCUT2D eigenvalue weighted by Gasteiger charge is 2.05. The summed E-state index contributed by atoms with van der Waals surface area (Å²) in [5.74, 6) is 2.85. The summed E-state index contributed by atoms with van der Waals surface area (Å²) in [5.41, 5.74) is 10.6. The van der Waals surface area contributed by atoms with E-state index in [1.807, 2.05) is 0 Å². The molecule has 1 aromatic heterocycles. The topological polar surface area (TPSA) is 93.6 Å². The zero-order valence-electron chi connectivity index (χ0n) is 5.20. The van der Waals surface area contributed by atoms with E-state index in [0.29, 0.717) is 5.82 Å². The maximum absolute atomic E-state index is 5.38. The number of aromatic amines is 1. The average molecular weight is 137 g/mol. The summed E-state index contributed by atoms with van der Waals surface area (Å²) in [7, 11) is 0. The summed E-state index contributed by atoms with van der Waals surface area (Å²) in [6, 6.07) is -0.551. The lowest BCUT2D eigenvalue weighted by atomic mass is 10.3. The van der Waals surface area contributed by atoms with Crippen molar-refractivity contribution in [1.82, 2.24) is 15.2 Å². The molecular formula is C5H7N5. The SMILES string of the molecule is C#C[C@H](N)c1nc(N)n[nH]1. The largest absolute Gasteiger partial charge is 0.367 e. The lowest BCUT2D eigenvalue weighted by Crippen LogP contribution is -2.09. The summed E-state index contributed by atoms with van der Waals surface area (Å²) in [5, 5.41) is 6.05. The van der Waals surface area contributed by atoms with Gasteiger partial charge in [-0.05, 0) is 0 Å². The average Bonchev–Trinajstić information content (AvgIpc) is 2.34. The predicted octanol–water partition coefficient (Wildman–Crippen LogP) is -0.980. The number of terminal acetylenes is 1. The van der Waals surface area contributed by atoms with Gasteiger partial charge in [0.15, 0.2) is 5.82 Å². The smallest absolute Gasteiger partial charge is 0.239 e. The Balaban J connectivity index is 2.87. The maximum atomic E-state index is 5.38. The zero-order chi connectivity index (χ0) is 7.56. The third-order valence-corrected chi connectivity index (χ3v) is 0.994. The Labute approximate surface area is 57.8 Å². The second kappa shape index (κ2) is 2.37. The Bertz CT molecular complexity index is 257. The molecule has 1 rings (SSSR count). The monoisotopic (exact) mass is 137 g/mol. The number of nitrogen functional groups attached to an aromatic ring is 1. The summed E-state index contributed by atoms with van der Waals surface area (Å²) < 4.78 is 0. The molecule has 5 nitrogen and oxygen atoms in total. The zero-order valence-corrected chi connectivity index (χ0v) is 5.20. The first kappa shape index (κ1) is 6.58. The van der Waals surface area contributed by atoms with E-state index >= 15 is 0 Å². The molecule has 5 heteroatoms. The second-order valence-electron chi connectivity index (χ2n) is 1.72. The molecule has 10 heavy (non-hydrogen) atoms. The fourth-order valence-corrected chi connectivity index (χ4v) is 0.506. The minimum Gasteiger partial charge on any atom is -0.367 e. The van der Waals surface area contributed by atoms with Gasteiger partial charge in [0.25, 0.3) is 0 Å². The first-order chi connectivity index (χ1) is 4.74. The van der Waals surface area contributed by atoms with Crippen molar-refractivity contribution in [2.75, 3.05) is 5.73 Å². The van der Waals surface area contributed by atoms with E-state index in [1.165, 1.54) is 0 Å². The van der Waals surface area contributed by atoms with Crippen LogP contribution in [0.2, 0.25) is 0 Å². The summed E-state index contributed by atoms with van der Waals surface area (Å²) in [6.45, 7) is 0. The fraction of sp³-hybridized carbons (Fsp3) is 0.200. The molecule has 1 aromatic rings. The Morgan fingerprint density at radius 1 is 1.70 bits per heavy atom. The second-order valence-corrected chi connectivity index (χ2v) is 1.72. The van der Waals surface area contributed by atoms with Gasteiger partial charge in [0.2, 0.25) is 5.95 Å². The van der Waals surface area contributed by atoms with Gasteiger partial charge in [0.05, 0.1) is 0 Å². The van der Waals surface area contributed by atoms with Crippen LogP contribution in [0.4, 0.5) is 5.95 Å². The van der Waals surface area contributed by atoms with E-state index in [0.717, 1.165) is 0 Å². The van der Waals surface area contributed by atoms with Crippen LogP contribution >= 0.6 is 0 Å². The standard InChI is InChI=1S/C5H7N5/c1-2-3(6)4-8-5(7)10-9-4/h1,3H,6H2,(H3,7,8,9,10)/t3-/m0/s1. The van der Waals surface area contributed by atoms with Crippen LogP contribution in [0.5, 0.6) is 0 Å². The van der Waals surface area contributed by atoms with Crippen molar-refractivity contribution in [2.24, 2.45) is 5.73 Å². The van der Waals surface area contributed by atoms with E-state index < -0.39 is 6.04 Å². The maximum Gasteiger partial charge on any atom is 0.239 e. The van der Waals surface area contributed by atoms with Crippen LogP contribution in [0.15, 0.2) is 0 Å². The molecule has 0 fully saturated rings. The van der Waals surface area contributed by atoms with Gasteiger partial charge in [-0.2, -0.15) is 4.98 Å².